The highest BCUT2D eigenvalue weighted by Crippen LogP contribution is 2.21. The first kappa shape index (κ1) is 16.0. The van der Waals surface area contributed by atoms with E-state index in [4.69, 9.17) is 5.73 Å². The van der Waals surface area contributed by atoms with E-state index >= 15 is 0 Å². The maximum Gasteiger partial charge on any atom is 0.233 e. The lowest BCUT2D eigenvalue weighted by atomic mass is 10.2. The molecule has 0 bridgehead atoms. The minimum Gasteiger partial charge on any atom is -0.384 e. The fourth-order valence-electron chi connectivity index (χ4n) is 2.06. The zero-order valence-electron chi connectivity index (χ0n) is 11.9. The van der Waals surface area contributed by atoms with Crippen molar-refractivity contribution in [1.82, 2.24) is 15.3 Å². The number of rotatable bonds is 4. The van der Waals surface area contributed by atoms with Gasteiger partial charge in [0.25, 0.3) is 0 Å². The Labute approximate surface area is 128 Å². The molecule has 7 nitrogen and oxygen atoms in total. The summed E-state index contributed by atoms with van der Waals surface area (Å²) in [6.07, 6.45) is 0.472. The third kappa shape index (κ3) is 4.57. The molecule has 2 rings (SSSR count). The lowest BCUT2D eigenvalue weighted by Gasteiger charge is -2.15. The second-order valence-electron chi connectivity index (χ2n) is 5.09. The number of hydrogen-bond donors (Lipinski definition) is 2. The maximum absolute atomic E-state index is 12.1. The van der Waals surface area contributed by atoms with Crippen LogP contribution in [-0.4, -0.2) is 47.1 Å². The number of hydrogen-bond acceptors (Lipinski definition) is 7. The summed E-state index contributed by atoms with van der Waals surface area (Å²) in [6.45, 7) is 3.53. The zero-order valence-corrected chi connectivity index (χ0v) is 13.5. The first-order valence-electron chi connectivity index (χ1n) is 6.54. The van der Waals surface area contributed by atoms with Crippen LogP contribution in [0.2, 0.25) is 0 Å². The number of nitrogens with one attached hydrogen (secondary N) is 1. The van der Waals surface area contributed by atoms with E-state index in [2.05, 4.69) is 15.3 Å². The van der Waals surface area contributed by atoms with Crippen LogP contribution >= 0.6 is 11.8 Å². The van der Waals surface area contributed by atoms with Gasteiger partial charge in [-0.25, -0.2) is 18.4 Å². The third-order valence-electron chi connectivity index (χ3n) is 3.08. The van der Waals surface area contributed by atoms with E-state index in [0.717, 1.165) is 5.69 Å². The van der Waals surface area contributed by atoms with Crippen molar-refractivity contribution >= 4 is 33.3 Å². The predicted octanol–water partition coefficient (Wildman–Crippen LogP) is 0.151. The van der Waals surface area contributed by atoms with Gasteiger partial charge in [-0.05, 0) is 20.3 Å². The van der Waals surface area contributed by atoms with Gasteiger partial charge >= 0.3 is 0 Å². The van der Waals surface area contributed by atoms with Gasteiger partial charge in [0.15, 0.2) is 15.0 Å². The van der Waals surface area contributed by atoms with Crippen LogP contribution in [0.5, 0.6) is 0 Å². The minimum atomic E-state index is -3.00. The molecule has 1 aromatic heterocycles. The summed E-state index contributed by atoms with van der Waals surface area (Å²) in [5.74, 6) is 0.298. The molecule has 1 saturated heterocycles. The standard InChI is InChI=1S/C12H18N4O3S2/c1-7-5-10(13)16-12(14-7)20-8(2)11(17)15-9-3-4-21(18,19)6-9/h5,8-9H,3-4,6H2,1-2H3,(H,15,17)(H2,13,14,16)/t8-,9+/m1/s1. The number of nitrogens with zero attached hydrogens (tertiary/aromatic N) is 2. The molecule has 116 valence electrons. The number of nitrogens with two attached hydrogens (primary N) is 1. The van der Waals surface area contributed by atoms with Crippen LogP contribution in [0.15, 0.2) is 11.2 Å². The van der Waals surface area contributed by atoms with E-state index < -0.39 is 15.1 Å². The second-order valence-corrected chi connectivity index (χ2v) is 8.62. The Bertz CT molecular complexity index is 628. The van der Waals surface area contributed by atoms with E-state index in [1.807, 2.05) is 0 Å². The summed E-state index contributed by atoms with van der Waals surface area (Å²) in [5, 5.41) is 2.78. The highest BCUT2D eigenvalue weighted by molar-refractivity contribution is 8.00. The van der Waals surface area contributed by atoms with Gasteiger partial charge in [-0.15, -0.1) is 0 Å². The van der Waals surface area contributed by atoms with E-state index in [9.17, 15) is 13.2 Å². The van der Waals surface area contributed by atoms with Crippen LogP contribution in [0.4, 0.5) is 5.82 Å². The summed E-state index contributed by atoms with van der Waals surface area (Å²) < 4.78 is 22.7. The Kier molecular flexibility index (Phi) is 4.72. The number of sulfone groups is 1. The molecule has 1 aliphatic rings. The van der Waals surface area contributed by atoms with E-state index in [0.29, 0.717) is 17.4 Å². The molecule has 3 N–H and O–H groups in total. The summed E-state index contributed by atoms with van der Waals surface area (Å²) >= 11 is 1.20. The normalized spacial score (nSPS) is 21.9. The lowest BCUT2D eigenvalue weighted by Crippen LogP contribution is -2.40. The molecule has 0 aliphatic carbocycles. The van der Waals surface area contributed by atoms with Crippen LogP contribution in [0.3, 0.4) is 0 Å². The lowest BCUT2D eigenvalue weighted by molar-refractivity contribution is -0.120. The van der Waals surface area contributed by atoms with Gasteiger partial charge in [-0.2, -0.15) is 0 Å². The number of aryl methyl sites for hydroxylation is 1. The molecule has 0 unspecified atom stereocenters. The van der Waals surface area contributed by atoms with Gasteiger partial charge in [-0.1, -0.05) is 11.8 Å². The number of anilines is 1. The molecule has 9 heteroatoms. The molecule has 0 spiro atoms. The highest BCUT2D eigenvalue weighted by Gasteiger charge is 2.30. The average Bonchev–Trinajstić information content (AvgIpc) is 2.67. The molecule has 1 aliphatic heterocycles. The van der Waals surface area contributed by atoms with E-state index in [1.165, 1.54) is 11.8 Å². The monoisotopic (exact) mass is 330 g/mol. The van der Waals surface area contributed by atoms with Gasteiger partial charge < -0.3 is 11.1 Å². The maximum atomic E-state index is 12.1. The van der Waals surface area contributed by atoms with Crippen molar-refractivity contribution in [2.24, 2.45) is 0 Å². The smallest absolute Gasteiger partial charge is 0.233 e. The van der Waals surface area contributed by atoms with Crippen LogP contribution in [0, 0.1) is 6.92 Å². The van der Waals surface area contributed by atoms with Gasteiger partial charge in [0.05, 0.1) is 16.8 Å². The molecule has 21 heavy (non-hydrogen) atoms. The Morgan fingerprint density at radius 1 is 1.52 bits per heavy atom. The highest BCUT2D eigenvalue weighted by atomic mass is 32.2. The number of aromatic nitrogens is 2. The molecule has 0 aromatic carbocycles. The van der Waals surface area contributed by atoms with Gasteiger partial charge in [-0.3, -0.25) is 4.79 Å². The Balaban J connectivity index is 1.93. The van der Waals surface area contributed by atoms with Crippen LogP contribution in [0.25, 0.3) is 0 Å². The fraction of sp³-hybridized carbons (Fsp3) is 0.583. The number of carbonyl (C=O) groups excluding carboxylic acids is 1. The summed E-state index contributed by atoms with van der Waals surface area (Å²) in [4.78, 5) is 20.3. The molecule has 0 saturated carbocycles. The quantitative estimate of drug-likeness (QED) is 0.596. The Morgan fingerprint density at radius 2 is 2.24 bits per heavy atom. The molecular formula is C12H18N4O3S2. The number of carbonyl (C=O) groups is 1. The molecule has 1 amide bonds. The summed E-state index contributed by atoms with van der Waals surface area (Å²) in [7, 11) is -3.00. The topological polar surface area (TPSA) is 115 Å². The van der Waals surface area contributed by atoms with Crippen LogP contribution in [-0.2, 0) is 14.6 Å². The molecule has 1 aromatic rings. The van der Waals surface area contributed by atoms with Gasteiger partial charge in [0, 0.05) is 17.8 Å². The number of amides is 1. The van der Waals surface area contributed by atoms with E-state index in [1.54, 1.807) is 19.9 Å². The third-order valence-corrected chi connectivity index (χ3v) is 5.81. The van der Waals surface area contributed by atoms with Gasteiger partial charge in [0.1, 0.15) is 5.82 Å². The van der Waals surface area contributed by atoms with Gasteiger partial charge in [0.2, 0.25) is 5.91 Å². The van der Waals surface area contributed by atoms with Crippen molar-refractivity contribution < 1.29 is 13.2 Å². The van der Waals surface area contributed by atoms with Crippen molar-refractivity contribution in [2.45, 2.75) is 36.7 Å². The van der Waals surface area contributed by atoms with Crippen molar-refractivity contribution in [3.05, 3.63) is 11.8 Å². The number of nitrogen functional groups attached to an aromatic ring is 1. The zero-order chi connectivity index (χ0) is 15.6. The fourth-order valence-corrected chi connectivity index (χ4v) is 4.58. The second kappa shape index (κ2) is 6.18. The number of thioether (sulfide) groups is 1. The molecule has 2 atom stereocenters. The average molecular weight is 330 g/mol. The largest absolute Gasteiger partial charge is 0.384 e. The van der Waals surface area contributed by atoms with Crippen molar-refractivity contribution in [3.8, 4) is 0 Å². The van der Waals surface area contributed by atoms with Crippen LogP contribution < -0.4 is 11.1 Å². The Hall–Kier alpha value is -1.35. The molecule has 0 radical (unpaired) electrons. The SMILES string of the molecule is Cc1cc(N)nc(S[C@H](C)C(=O)N[C@H]2CCS(=O)(=O)C2)n1. The van der Waals surface area contributed by atoms with Crippen molar-refractivity contribution in [1.29, 1.82) is 0 Å². The van der Waals surface area contributed by atoms with E-state index in [-0.39, 0.29) is 23.5 Å². The summed E-state index contributed by atoms with van der Waals surface area (Å²) in [5.41, 5.74) is 6.38. The molecule has 1 fully saturated rings. The predicted molar refractivity (Wildman–Crippen MR) is 81.7 cm³/mol. The first-order valence-corrected chi connectivity index (χ1v) is 9.24. The summed E-state index contributed by atoms with van der Waals surface area (Å²) in [6, 6.07) is 1.35. The minimum absolute atomic E-state index is 0.0179. The first-order chi connectivity index (χ1) is 9.75. The van der Waals surface area contributed by atoms with Crippen molar-refractivity contribution in [3.63, 3.8) is 0 Å². The molecule has 2 heterocycles. The molecular weight excluding hydrogens is 312 g/mol. The Morgan fingerprint density at radius 3 is 2.81 bits per heavy atom. The van der Waals surface area contributed by atoms with Crippen molar-refractivity contribution in [2.75, 3.05) is 17.2 Å². The van der Waals surface area contributed by atoms with Crippen LogP contribution in [0.1, 0.15) is 19.0 Å².